The van der Waals surface area contributed by atoms with E-state index in [9.17, 15) is 13.2 Å². The van der Waals surface area contributed by atoms with Gasteiger partial charge in [-0.1, -0.05) is 43.3 Å². The zero-order valence-corrected chi connectivity index (χ0v) is 21.1. The highest BCUT2D eigenvalue weighted by molar-refractivity contribution is 7.80. The Bertz CT molecular complexity index is 1740. The average Bonchev–Trinajstić information content (AvgIpc) is 3.33. The molecule has 4 aromatic rings. The molecule has 1 aromatic heterocycles. The molecule has 1 heterocycles. The summed E-state index contributed by atoms with van der Waals surface area (Å²) in [4.78, 5) is 0. The van der Waals surface area contributed by atoms with E-state index in [1.54, 1.807) is 29.2 Å². The number of hydrogen-bond donors (Lipinski definition) is 1. The Morgan fingerprint density at radius 2 is 1.89 bits per heavy atom. The number of nitrogens with zero attached hydrogens (tertiary/aromatic N) is 4. The first kappa shape index (κ1) is 25.3. The molecule has 0 saturated carbocycles. The Morgan fingerprint density at radius 3 is 2.66 bits per heavy atom. The van der Waals surface area contributed by atoms with E-state index in [0.717, 1.165) is 44.2 Å². The highest BCUT2D eigenvalue weighted by Gasteiger charge is 2.31. The van der Waals surface area contributed by atoms with Crippen LogP contribution in [0.5, 0.6) is 5.75 Å². The molecule has 38 heavy (non-hydrogen) atoms. The van der Waals surface area contributed by atoms with Gasteiger partial charge in [-0.25, -0.2) is 4.68 Å². The zero-order chi connectivity index (χ0) is 26.7. The molecule has 0 amide bonds. The molecule has 1 N–H and O–H groups in total. The third-order valence-corrected chi connectivity index (χ3v) is 6.24. The molecule has 5 rings (SSSR count). The third kappa shape index (κ3) is 5.65. The zero-order valence-electron chi connectivity index (χ0n) is 20.2. The molecule has 0 radical (unpaired) electrons. The standard InChI is InChI=1S/C28H22F3N5OS/c1-2-19-5-3-4-6-25(19)34-27(38)35-32-16-18-7-13-23-20(15-18)8-14-26-24(23)17-33-36(26)21-9-11-22(12-10-21)37-28(29,30)31/h3-7,9-17H,2,8H2,1H3,(H,34,38)/b18-16+,35-32?. The molecule has 3 aromatic carbocycles. The maximum absolute atomic E-state index is 12.5. The maximum Gasteiger partial charge on any atom is 0.573 e. The summed E-state index contributed by atoms with van der Waals surface area (Å²) in [6.45, 7) is 2.08. The van der Waals surface area contributed by atoms with Gasteiger partial charge >= 0.3 is 6.36 Å². The number of fused-ring (bicyclic) bond motifs is 2. The van der Waals surface area contributed by atoms with E-state index in [-0.39, 0.29) is 10.9 Å². The Hall–Kier alpha value is -4.31. The van der Waals surface area contributed by atoms with Crippen LogP contribution < -0.4 is 20.6 Å². The summed E-state index contributed by atoms with van der Waals surface area (Å²) in [6.07, 6.45) is 2.27. The number of thiocarbonyl (C=S) groups is 1. The maximum atomic E-state index is 12.5. The molecule has 0 bridgehead atoms. The van der Waals surface area contributed by atoms with Crippen LogP contribution in [0, 0.1) is 10.4 Å². The summed E-state index contributed by atoms with van der Waals surface area (Å²) in [6, 6.07) is 19.5. The van der Waals surface area contributed by atoms with Crippen molar-refractivity contribution in [3.8, 4) is 11.4 Å². The van der Waals surface area contributed by atoms with Gasteiger partial charge in [-0.3, -0.25) is 0 Å². The fourth-order valence-corrected chi connectivity index (χ4v) is 4.48. The van der Waals surface area contributed by atoms with Crippen molar-refractivity contribution in [1.82, 2.24) is 9.78 Å². The number of ether oxygens (including phenoxy) is 1. The van der Waals surface area contributed by atoms with Gasteiger partial charge in [-0.15, -0.1) is 18.3 Å². The molecule has 0 saturated heterocycles. The molecule has 0 spiro atoms. The number of alkyl halides is 3. The van der Waals surface area contributed by atoms with Crippen LogP contribution in [-0.4, -0.2) is 21.3 Å². The van der Waals surface area contributed by atoms with Crippen molar-refractivity contribution in [2.24, 2.45) is 10.2 Å². The molecule has 0 unspecified atom stereocenters. The normalized spacial score (nSPS) is 13.1. The van der Waals surface area contributed by atoms with E-state index in [1.807, 2.05) is 48.5 Å². The number of azo groups is 1. The van der Waals surface area contributed by atoms with Gasteiger partial charge in [0.1, 0.15) is 5.75 Å². The molecule has 0 fully saturated rings. The second-order valence-electron chi connectivity index (χ2n) is 8.51. The average molecular weight is 534 g/mol. The number of rotatable bonds is 5. The minimum absolute atomic E-state index is 0.278. The Morgan fingerprint density at radius 1 is 1.11 bits per heavy atom. The predicted molar refractivity (Wildman–Crippen MR) is 143 cm³/mol. The van der Waals surface area contributed by atoms with Crippen molar-refractivity contribution >= 4 is 35.3 Å². The van der Waals surface area contributed by atoms with Crippen molar-refractivity contribution in [2.75, 3.05) is 5.32 Å². The van der Waals surface area contributed by atoms with Gasteiger partial charge < -0.3 is 10.1 Å². The van der Waals surface area contributed by atoms with E-state index in [2.05, 4.69) is 32.3 Å². The molecular formula is C28H22F3N5OS. The first-order valence-electron chi connectivity index (χ1n) is 11.8. The van der Waals surface area contributed by atoms with Crippen molar-refractivity contribution < 1.29 is 17.9 Å². The smallest absolute Gasteiger partial charge is 0.406 e. The van der Waals surface area contributed by atoms with E-state index in [4.69, 9.17) is 12.2 Å². The lowest BCUT2D eigenvalue weighted by molar-refractivity contribution is -0.274. The van der Waals surface area contributed by atoms with Crippen LogP contribution in [0.1, 0.15) is 18.1 Å². The van der Waals surface area contributed by atoms with Gasteiger partial charge in [0, 0.05) is 10.9 Å². The minimum atomic E-state index is -4.73. The first-order valence-corrected chi connectivity index (χ1v) is 12.3. The fourth-order valence-electron chi connectivity index (χ4n) is 4.33. The Kier molecular flexibility index (Phi) is 7.06. The predicted octanol–water partition coefficient (Wildman–Crippen LogP) is 5.54. The molecule has 6 nitrogen and oxygen atoms in total. The van der Waals surface area contributed by atoms with Crippen LogP contribution in [0.15, 0.2) is 83.2 Å². The number of nitrogens with one attached hydrogen (secondary N) is 1. The number of aromatic nitrogens is 2. The number of aryl methyl sites for hydroxylation is 1. The van der Waals surface area contributed by atoms with E-state index < -0.39 is 6.36 Å². The van der Waals surface area contributed by atoms with Crippen molar-refractivity contribution in [2.45, 2.75) is 26.1 Å². The summed E-state index contributed by atoms with van der Waals surface area (Å²) >= 11 is 5.31. The second kappa shape index (κ2) is 10.6. The molecule has 192 valence electrons. The van der Waals surface area contributed by atoms with Crippen molar-refractivity contribution in [3.05, 3.63) is 105 Å². The van der Waals surface area contributed by atoms with Gasteiger partial charge in [-0.2, -0.15) is 10.2 Å². The van der Waals surface area contributed by atoms with Crippen LogP contribution in [-0.2, 0) is 12.8 Å². The topological polar surface area (TPSA) is 63.8 Å². The summed E-state index contributed by atoms with van der Waals surface area (Å²) in [5, 5.41) is 19.8. The molecule has 0 atom stereocenters. The Balaban J connectivity index is 1.38. The van der Waals surface area contributed by atoms with E-state index in [0.29, 0.717) is 12.1 Å². The van der Waals surface area contributed by atoms with Crippen molar-refractivity contribution in [3.63, 3.8) is 0 Å². The van der Waals surface area contributed by atoms with Crippen LogP contribution in [0.25, 0.3) is 18.0 Å². The van der Waals surface area contributed by atoms with Crippen LogP contribution >= 0.6 is 12.2 Å². The van der Waals surface area contributed by atoms with Gasteiger partial charge in [-0.05, 0) is 83.0 Å². The van der Waals surface area contributed by atoms with Gasteiger partial charge in [0.15, 0.2) is 0 Å². The number of anilines is 1. The fraction of sp³-hybridized carbons (Fsp3) is 0.143. The van der Waals surface area contributed by atoms with E-state index in [1.165, 1.54) is 12.1 Å². The summed E-state index contributed by atoms with van der Waals surface area (Å²) in [5.41, 5.74) is 3.81. The van der Waals surface area contributed by atoms with Crippen LogP contribution in [0.3, 0.4) is 0 Å². The Labute approximate surface area is 221 Å². The highest BCUT2D eigenvalue weighted by atomic mass is 32.1. The van der Waals surface area contributed by atoms with Gasteiger partial charge in [0.25, 0.3) is 0 Å². The first-order chi connectivity index (χ1) is 18.3. The van der Waals surface area contributed by atoms with Crippen LogP contribution in [0.4, 0.5) is 18.9 Å². The lowest BCUT2D eigenvalue weighted by atomic mass is 10.0. The molecular weight excluding hydrogens is 511 g/mol. The molecule has 10 heteroatoms. The van der Waals surface area contributed by atoms with E-state index >= 15 is 0 Å². The van der Waals surface area contributed by atoms with Crippen LogP contribution in [0.2, 0.25) is 0 Å². The SMILES string of the molecule is CCc1ccccc1NC(=S)N=N/C=c1\ccc2c(c1)CC=c1c=2cnn1-c1ccc(OC(F)(F)F)cc1. The third-order valence-electron chi connectivity index (χ3n) is 6.05. The second-order valence-corrected chi connectivity index (χ2v) is 8.89. The summed E-state index contributed by atoms with van der Waals surface area (Å²) in [7, 11) is 0. The highest BCUT2D eigenvalue weighted by Crippen LogP contribution is 2.23. The largest absolute Gasteiger partial charge is 0.573 e. The molecule has 1 aliphatic rings. The van der Waals surface area contributed by atoms with Gasteiger partial charge in [0.2, 0.25) is 5.11 Å². The quantitative estimate of drug-likeness (QED) is 0.270. The molecule has 0 aliphatic heterocycles. The van der Waals surface area contributed by atoms with Gasteiger partial charge in [0.05, 0.1) is 23.4 Å². The number of benzene rings is 3. The number of halogens is 3. The summed E-state index contributed by atoms with van der Waals surface area (Å²) in [5.74, 6) is -0.278. The van der Waals surface area contributed by atoms with Crippen molar-refractivity contribution in [1.29, 1.82) is 0 Å². The number of para-hydroxylation sites is 1. The summed E-state index contributed by atoms with van der Waals surface area (Å²) < 4.78 is 43.0. The lowest BCUT2D eigenvalue weighted by Gasteiger charge is -2.10. The number of hydrogen-bond acceptors (Lipinski definition) is 4. The monoisotopic (exact) mass is 533 g/mol. The molecule has 1 aliphatic carbocycles. The minimum Gasteiger partial charge on any atom is -0.406 e. The lowest BCUT2D eigenvalue weighted by Crippen LogP contribution is -2.20.